The number of aliphatic imine (C=N–C) groups is 2. The number of aryl methyl sites for hydroxylation is 1. The van der Waals surface area contributed by atoms with Gasteiger partial charge in [0.05, 0.1) is 56.1 Å². The van der Waals surface area contributed by atoms with Gasteiger partial charge in [-0.15, -0.1) is 16.4 Å². The predicted molar refractivity (Wildman–Crippen MR) is 145 cm³/mol. The van der Waals surface area contributed by atoms with Crippen LogP contribution in [0.1, 0.15) is 17.5 Å². The standard InChI is InChI=1S/C24H22Cl2FN7O3S/c1-11-30-16-3-2-13(6-21(16)38-11)31-24(29-10-28)19-7-18(23(36)20(9-35)37-19)34-8-17(32-33-34)12-4-14(25)22(26)15(27)5-12/h2-6,8,10,18-20,23,35-36H,7,9H2,1H3,(H2,28,29,31). The minimum Gasteiger partial charge on any atom is -0.394 e. The van der Waals surface area contributed by atoms with E-state index < -0.39 is 36.8 Å². The van der Waals surface area contributed by atoms with Gasteiger partial charge in [0.15, 0.2) is 5.84 Å². The highest BCUT2D eigenvalue weighted by Crippen LogP contribution is 2.34. The number of aliphatic hydroxyl groups is 2. The van der Waals surface area contributed by atoms with Gasteiger partial charge in [-0.1, -0.05) is 28.4 Å². The number of aromatic nitrogens is 4. The number of thiazole rings is 1. The number of rotatable bonds is 5. The van der Waals surface area contributed by atoms with Crippen molar-refractivity contribution >= 4 is 62.6 Å². The van der Waals surface area contributed by atoms with Gasteiger partial charge in [0, 0.05) is 12.0 Å². The Bertz CT molecular complexity index is 1520. The molecule has 0 amide bonds. The summed E-state index contributed by atoms with van der Waals surface area (Å²) >= 11 is 13.4. The summed E-state index contributed by atoms with van der Waals surface area (Å²) in [6.45, 7) is 1.47. The number of halogens is 3. The third-order valence-corrected chi connectivity index (χ3v) is 7.81. The molecule has 0 aliphatic carbocycles. The van der Waals surface area contributed by atoms with Crippen LogP contribution in [0.2, 0.25) is 10.0 Å². The molecular weight excluding hydrogens is 556 g/mol. The van der Waals surface area contributed by atoms with E-state index in [-0.39, 0.29) is 22.3 Å². The van der Waals surface area contributed by atoms with Crippen LogP contribution in [0, 0.1) is 12.7 Å². The fraction of sp³-hybridized carbons (Fsp3) is 0.292. The Balaban J connectivity index is 1.47. The second-order valence-electron chi connectivity index (χ2n) is 8.61. The van der Waals surface area contributed by atoms with Crippen molar-refractivity contribution in [3.63, 3.8) is 0 Å². The summed E-state index contributed by atoms with van der Waals surface area (Å²) in [5.41, 5.74) is 7.79. The van der Waals surface area contributed by atoms with Gasteiger partial charge in [-0.05, 0) is 37.3 Å². The van der Waals surface area contributed by atoms with Gasteiger partial charge in [0.25, 0.3) is 0 Å². The fourth-order valence-electron chi connectivity index (χ4n) is 4.30. The average Bonchev–Trinajstić information content (AvgIpc) is 3.53. The van der Waals surface area contributed by atoms with Crippen LogP contribution in [-0.4, -0.2) is 67.3 Å². The van der Waals surface area contributed by atoms with E-state index in [1.54, 1.807) is 17.5 Å². The molecule has 0 spiro atoms. The summed E-state index contributed by atoms with van der Waals surface area (Å²) in [5, 5.41) is 29.9. The van der Waals surface area contributed by atoms with Gasteiger partial charge >= 0.3 is 0 Å². The molecule has 5 rings (SSSR count). The van der Waals surface area contributed by atoms with Gasteiger partial charge in [-0.25, -0.2) is 24.0 Å². The third kappa shape index (κ3) is 5.28. The smallest absolute Gasteiger partial charge is 0.159 e. The number of benzene rings is 2. The van der Waals surface area contributed by atoms with Crippen LogP contribution in [0.5, 0.6) is 0 Å². The maximum absolute atomic E-state index is 14.1. The molecule has 14 heteroatoms. The molecule has 2 aromatic carbocycles. The summed E-state index contributed by atoms with van der Waals surface area (Å²) in [6, 6.07) is 7.57. The van der Waals surface area contributed by atoms with Crippen LogP contribution in [-0.2, 0) is 4.74 Å². The normalized spacial score (nSPS) is 22.5. The molecule has 4 N–H and O–H groups in total. The highest BCUT2D eigenvalue weighted by Gasteiger charge is 2.41. The largest absolute Gasteiger partial charge is 0.394 e. The lowest BCUT2D eigenvalue weighted by Gasteiger charge is -2.38. The van der Waals surface area contributed by atoms with Crippen molar-refractivity contribution in [3.05, 3.63) is 57.4 Å². The Labute approximate surface area is 230 Å². The van der Waals surface area contributed by atoms with Crippen molar-refractivity contribution in [2.24, 2.45) is 15.7 Å². The van der Waals surface area contributed by atoms with Crippen molar-refractivity contribution in [2.45, 2.75) is 37.7 Å². The number of ether oxygens (including phenoxy) is 1. The highest BCUT2D eigenvalue weighted by atomic mass is 35.5. The van der Waals surface area contributed by atoms with E-state index in [2.05, 4.69) is 25.3 Å². The van der Waals surface area contributed by atoms with Crippen LogP contribution >= 0.6 is 34.5 Å². The highest BCUT2D eigenvalue weighted by molar-refractivity contribution is 7.18. The predicted octanol–water partition coefficient (Wildman–Crippen LogP) is 4.08. The summed E-state index contributed by atoms with van der Waals surface area (Å²) in [6.07, 6.45) is 0.0165. The van der Waals surface area contributed by atoms with Gasteiger partial charge in [-0.2, -0.15) is 0 Å². The molecule has 1 saturated heterocycles. The number of aliphatic hydroxyl groups excluding tert-OH is 2. The number of nitrogens with two attached hydrogens (primary N) is 1. The van der Waals surface area contributed by atoms with Gasteiger partial charge in [0.1, 0.15) is 29.8 Å². The van der Waals surface area contributed by atoms with E-state index in [1.807, 2.05) is 25.1 Å². The summed E-state index contributed by atoms with van der Waals surface area (Å²) in [7, 11) is 0. The first kappa shape index (κ1) is 26.6. The molecule has 3 heterocycles. The van der Waals surface area contributed by atoms with Crippen LogP contribution in [0.4, 0.5) is 10.1 Å². The van der Waals surface area contributed by atoms with E-state index in [1.165, 1.54) is 16.8 Å². The summed E-state index contributed by atoms with van der Waals surface area (Å²) < 4.78 is 22.5. The molecular formula is C24H22Cl2FN7O3S. The zero-order chi connectivity index (χ0) is 27.0. The number of hydrogen-bond donors (Lipinski definition) is 3. The Morgan fingerprint density at radius 2 is 2.16 bits per heavy atom. The molecule has 4 aromatic rings. The van der Waals surface area contributed by atoms with Gasteiger partial charge in [0.2, 0.25) is 0 Å². The molecule has 1 aliphatic rings. The number of fused-ring (bicyclic) bond motifs is 1. The number of hydrogen-bond acceptors (Lipinski definition) is 8. The second-order valence-corrected chi connectivity index (χ2v) is 10.6. The monoisotopic (exact) mass is 577 g/mol. The molecule has 198 valence electrons. The Hall–Kier alpha value is -3.00. The average molecular weight is 578 g/mol. The first-order valence-corrected chi connectivity index (χ1v) is 13.1. The molecule has 1 aliphatic heterocycles. The first-order chi connectivity index (χ1) is 18.3. The molecule has 0 radical (unpaired) electrons. The van der Waals surface area contributed by atoms with Crippen molar-refractivity contribution in [3.8, 4) is 11.3 Å². The molecule has 4 unspecified atom stereocenters. The fourth-order valence-corrected chi connectivity index (χ4v) is 5.48. The minimum atomic E-state index is -1.13. The first-order valence-electron chi connectivity index (χ1n) is 11.5. The molecule has 38 heavy (non-hydrogen) atoms. The number of amidine groups is 1. The maximum atomic E-state index is 14.1. The molecule has 1 fully saturated rings. The SMILES string of the molecule is Cc1nc2ccc(N=C(N=CN)C3CC(n4cc(-c5cc(F)c(Cl)c(Cl)c5)nn4)C(O)C(CO)O3)cc2s1. The van der Waals surface area contributed by atoms with Crippen molar-refractivity contribution < 1.29 is 19.3 Å². The van der Waals surface area contributed by atoms with E-state index in [0.29, 0.717) is 16.9 Å². The Morgan fingerprint density at radius 3 is 2.89 bits per heavy atom. The lowest BCUT2D eigenvalue weighted by atomic mass is 9.95. The lowest BCUT2D eigenvalue weighted by Crippen LogP contribution is -2.49. The van der Waals surface area contributed by atoms with Crippen molar-refractivity contribution in [2.75, 3.05) is 6.61 Å². The van der Waals surface area contributed by atoms with Gasteiger partial charge in [-0.3, -0.25) is 0 Å². The molecule has 10 nitrogen and oxygen atoms in total. The molecule has 4 atom stereocenters. The van der Waals surface area contributed by atoms with Crippen molar-refractivity contribution in [1.29, 1.82) is 0 Å². The molecule has 0 bridgehead atoms. The maximum Gasteiger partial charge on any atom is 0.159 e. The van der Waals surface area contributed by atoms with Crippen LogP contribution in [0.3, 0.4) is 0 Å². The number of nitrogens with zero attached hydrogens (tertiary/aromatic N) is 6. The zero-order valence-corrected chi connectivity index (χ0v) is 22.2. The van der Waals surface area contributed by atoms with E-state index in [9.17, 15) is 14.6 Å². The van der Waals surface area contributed by atoms with E-state index in [0.717, 1.165) is 21.6 Å². The molecule has 0 saturated carbocycles. The van der Waals surface area contributed by atoms with Crippen molar-refractivity contribution in [1.82, 2.24) is 20.0 Å². The van der Waals surface area contributed by atoms with Crippen LogP contribution in [0.25, 0.3) is 21.5 Å². The zero-order valence-electron chi connectivity index (χ0n) is 19.9. The van der Waals surface area contributed by atoms with Crippen LogP contribution in [0.15, 0.2) is 46.5 Å². The van der Waals surface area contributed by atoms with Crippen LogP contribution < -0.4 is 5.73 Å². The molecule has 2 aromatic heterocycles. The summed E-state index contributed by atoms with van der Waals surface area (Å²) in [5.74, 6) is -0.433. The Kier molecular flexibility index (Phi) is 7.70. The minimum absolute atomic E-state index is 0.0369. The lowest BCUT2D eigenvalue weighted by molar-refractivity contribution is -0.137. The Morgan fingerprint density at radius 1 is 1.34 bits per heavy atom. The van der Waals surface area contributed by atoms with Gasteiger partial charge < -0.3 is 20.7 Å². The van der Waals surface area contributed by atoms with E-state index >= 15 is 0 Å². The third-order valence-electron chi connectivity index (χ3n) is 6.10. The topological polar surface area (TPSA) is 144 Å². The van der Waals surface area contributed by atoms with E-state index in [4.69, 9.17) is 33.7 Å². The summed E-state index contributed by atoms with van der Waals surface area (Å²) in [4.78, 5) is 13.3. The second kappa shape index (κ2) is 11.0. The quantitative estimate of drug-likeness (QED) is 0.184.